The van der Waals surface area contributed by atoms with E-state index in [2.05, 4.69) is 15.1 Å². The number of nitrogens with zero attached hydrogens (tertiary/aromatic N) is 5. The number of aryl methyl sites for hydroxylation is 1. The number of nitrogens with two attached hydrogens (primary N) is 1. The summed E-state index contributed by atoms with van der Waals surface area (Å²) in [6, 6.07) is 6.17. The molecule has 1 saturated heterocycles. The van der Waals surface area contributed by atoms with Crippen LogP contribution < -0.4 is 15.4 Å². The Hall–Kier alpha value is -2.90. The van der Waals surface area contributed by atoms with Gasteiger partial charge in [-0.15, -0.1) is 0 Å². The van der Waals surface area contributed by atoms with Crippen LogP contribution >= 0.6 is 0 Å². The van der Waals surface area contributed by atoms with E-state index in [4.69, 9.17) is 10.5 Å². The van der Waals surface area contributed by atoms with Crippen LogP contribution in [0, 0.1) is 5.82 Å². The summed E-state index contributed by atoms with van der Waals surface area (Å²) >= 11 is 0. The maximum Gasteiger partial charge on any atom is 0.229 e. The summed E-state index contributed by atoms with van der Waals surface area (Å²) in [6.45, 7) is 1.38. The fourth-order valence-corrected chi connectivity index (χ4v) is 2.91. The van der Waals surface area contributed by atoms with Crippen molar-refractivity contribution in [1.29, 1.82) is 0 Å². The average Bonchev–Trinajstić information content (AvgIpc) is 3.15. The van der Waals surface area contributed by atoms with E-state index in [1.807, 2.05) is 11.9 Å². The van der Waals surface area contributed by atoms with Crippen molar-refractivity contribution in [1.82, 2.24) is 19.7 Å². The van der Waals surface area contributed by atoms with Gasteiger partial charge in [-0.25, -0.2) is 4.39 Å². The number of ether oxygens (including phenoxy) is 1. The zero-order valence-electron chi connectivity index (χ0n) is 13.2. The van der Waals surface area contributed by atoms with E-state index in [0.29, 0.717) is 29.7 Å². The molecule has 1 atom stereocenters. The highest BCUT2D eigenvalue weighted by molar-refractivity contribution is 5.86. The molecule has 1 aromatic carbocycles. The molecule has 3 aromatic rings. The summed E-state index contributed by atoms with van der Waals surface area (Å²) < 4.78 is 20.8. The molecule has 0 radical (unpaired) electrons. The van der Waals surface area contributed by atoms with Crippen molar-refractivity contribution in [2.45, 2.75) is 12.5 Å². The fraction of sp³-hybridized carbons (Fsp3) is 0.312. The molecule has 1 fully saturated rings. The number of anilines is 2. The van der Waals surface area contributed by atoms with Crippen molar-refractivity contribution in [2.75, 3.05) is 23.7 Å². The SMILES string of the molecule is Cn1ncc2c(N)nc(N3CCC(Oc4cccc(F)c4)C3)nc21. The van der Waals surface area contributed by atoms with Crippen LogP contribution in [0.15, 0.2) is 30.5 Å². The number of benzene rings is 1. The highest BCUT2D eigenvalue weighted by Gasteiger charge is 2.27. The largest absolute Gasteiger partial charge is 0.488 e. The molecule has 0 spiro atoms. The van der Waals surface area contributed by atoms with Gasteiger partial charge in [0.2, 0.25) is 5.95 Å². The second kappa shape index (κ2) is 5.63. The van der Waals surface area contributed by atoms with Crippen LogP contribution in [-0.4, -0.2) is 38.9 Å². The van der Waals surface area contributed by atoms with Gasteiger partial charge in [0.25, 0.3) is 0 Å². The number of halogens is 1. The first-order valence-corrected chi connectivity index (χ1v) is 7.72. The van der Waals surface area contributed by atoms with Gasteiger partial charge in [0, 0.05) is 26.1 Å². The molecule has 1 unspecified atom stereocenters. The van der Waals surface area contributed by atoms with Crippen LogP contribution in [0.3, 0.4) is 0 Å². The van der Waals surface area contributed by atoms with Crippen LogP contribution in [0.4, 0.5) is 16.2 Å². The van der Waals surface area contributed by atoms with Crippen LogP contribution in [0.1, 0.15) is 6.42 Å². The zero-order valence-corrected chi connectivity index (χ0v) is 13.2. The topological polar surface area (TPSA) is 82.1 Å². The predicted molar refractivity (Wildman–Crippen MR) is 88.4 cm³/mol. The van der Waals surface area contributed by atoms with Gasteiger partial charge in [-0.1, -0.05) is 6.07 Å². The Balaban J connectivity index is 1.53. The molecular formula is C16H17FN6O. The quantitative estimate of drug-likeness (QED) is 0.789. The smallest absolute Gasteiger partial charge is 0.229 e. The number of hydrogen-bond acceptors (Lipinski definition) is 6. The number of nitrogen functional groups attached to an aromatic ring is 1. The first kappa shape index (κ1) is 14.7. The van der Waals surface area contributed by atoms with Gasteiger partial charge in [-0.2, -0.15) is 15.1 Å². The number of rotatable bonds is 3. The van der Waals surface area contributed by atoms with Gasteiger partial charge >= 0.3 is 0 Å². The molecule has 4 rings (SSSR count). The summed E-state index contributed by atoms with van der Waals surface area (Å²) in [5, 5.41) is 4.90. The lowest BCUT2D eigenvalue weighted by atomic mass is 10.3. The Kier molecular flexibility index (Phi) is 3.44. The second-order valence-corrected chi connectivity index (χ2v) is 5.85. The molecule has 0 saturated carbocycles. The summed E-state index contributed by atoms with van der Waals surface area (Å²) in [5.74, 6) is 1.20. The maximum atomic E-state index is 13.3. The van der Waals surface area contributed by atoms with Crippen molar-refractivity contribution in [3.63, 3.8) is 0 Å². The molecule has 2 N–H and O–H groups in total. The van der Waals surface area contributed by atoms with Crippen LogP contribution in [-0.2, 0) is 7.05 Å². The lowest BCUT2D eigenvalue weighted by molar-refractivity contribution is 0.224. The van der Waals surface area contributed by atoms with Crippen molar-refractivity contribution in [2.24, 2.45) is 7.05 Å². The summed E-state index contributed by atoms with van der Waals surface area (Å²) in [4.78, 5) is 10.9. The van der Waals surface area contributed by atoms with E-state index < -0.39 is 0 Å². The molecule has 0 aliphatic carbocycles. The van der Waals surface area contributed by atoms with Crippen LogP contribution in [0.5, 0.6) is 5.75 Å². The molecule has 8 heteroatoms. The van der Waals surface area contributed by atoms with E-state index >= 15 is 0 Å². The van der Waals surface area contributed by atoms with Crippen LogP contribution in [0.25, 0.3) is 11.0 Å². The van der Waals surface area contributed by atoms with E-state index in [9.17, 15) is 4.39 Å². The molecule has 0 bridgehead atoms. The van der Waals surface area contributed by atoms with E-state index in [0.717, 1.165) is 18.4 Å². The van der Waals surface area contributed by atoms with Gasteiger partial charge < -0.3 is 15.4 Å². The lowest BCUT2D eigenvalue weighted by Gasteiger charge is -2.17. The lowest BCUT2D eigenvalue weighted by Crippen LogP contribution is -2.26. The Morgan fingerprint density at radius 3 is 3.04 bits per heavy atom. The summed E-state index contributed by atoms with van der Waals surface area (Å²) in [5.41, 5.74) is 6.71. The molecule has 2 aromatic heterocycles. The number of fused-ring (bicyclic) bond motifs is 1. The first-order chi connectivity index (χ1) is 11.6. The monoisotopic (exact) mass is 328 g/mol. The highest BCUT2D eigenvalue weighted by Crippen LogP contribution is 2.25. The first-order valence-electron chi connectivity index (χ1n) is 7.72. The molecule has 124 valence electrons. The Morgan fingerprint density at radius 2 is 2.21 bits per heavy atom. The normalized spacial score (nSPS) is 17.6. The standard InChI is InChI=1S/C16H17FN6O/c1-22-15-13(8-19-22)14(18)20-16(21-15)23-6-5-12(9-23)24-11-4-2-3-10(17)7-11/h2-4,7-8,12H,5-6,9H2,1H3,(H2,18,20,21). The third-order valence-corrected chi connectivity index (χ3v) is 4.14. The van der Waals surface area contributed by atoms with Gasteiger partial charge in [-0.05, 0) is 12.1 Å². The third-order valence-electron chi connectivity index (χ3n) is 4.14. The Labute approximate surface area is 137 Å². The van der Waals surface area contributed by atoms with Crippen molar-refractivity contribution >= 4 is 22.8 Å². The van der Waals surface area contributed by atoms with Gasteiger partial charge in [0.1, 0.15) is 23.5 Å². The molecule has 7 nitrogen and oxygen atoms in total. The van der Waals surface area contributed by atoms with Gasteiger partial charge in [0.15, 0.2) is 5.65 Å². The fourth-order valence-electron chi connectivity index (χ4n) is 2.91. The predicted octanol–water partition coefficient (Wildman–Crippen LogP) is 1.74. The molecule has 24 heavy (non-hydrogen) atoms. The maximum absolute atomic E-state index is 13.3. The minimum absolute atomic E-state index is 0.0427. The van der Waals surface area contributed by atoms with Crippen LogP contribution in [0.2, 0.25) is 0 Å². The minimum atomic E-state index is -0.305. The average molecular weight is 328 g/mol. The molecular weight excluding hydrogens is 311 g/mol. The van der Waals surface area contributed by atoms with Crippen molar-refractivity contribution in [3.05, 3.63) is 36.3 Å². The zero-order chi connectivity index (χ0) is 16.7. The molecule has 3 heterocycles. The Bertz CT molecular complexity index is 895. The minimum Gasteiger partial charge on any atom is -0.488 e. The number of hydrogen-bond donors (Lipinski definition) is 1. The molecule has 1 aliphatic rings. The van der Waals surface area contributed by atoms with Crippen molar-refractivity contribution < 1.29 is 9.13 Å². The summed E-state index contributed by atoms with van der Waals surface area (Å²) in [7, 11) is 1.82. The van der Waals surface area contributed by atoms with Gasteiger partial charge in [-0.3, -0.25) is 4.68 Å². The summed E-state index contributed by atoms with van der Waals surface area (Å²) in [6.07, 6.45) is 2.43. The van der Waals surface area contributed by atoms with Crippen molar-refractivity contribution in [3.8, 4) is 5.75 Å². The molecule has 0 amide bonds. The molecule has 1 aliphatic heterocycles. The van der Waals surface area contributed by atoms with Gasteiger partial charge in [0.05, 0.1) is 18.1 Å². The Morgan fingerprint density at radius 1 is 1.33 bits per heavy atom. The van der Waals surface area contributed by atoms with E-state index in [-0.39, 0.29) is 11.9 Å². The van der Waals surface area contributed by atoms with E-state index in [1.165, 1.54) is 12.1 Å². The number of aromatic nitrogens is 4. The second-order valence-electron chi connectivity index (χ2n) is 5.85. The highest BCUT2D eigenvalue weighted by atomic mass is 19.1. The third kappa shape index (κ3) is 2.60. The van der Waals surface area contributed by atoms with E-state index in [1.54, 1.807) is 23.0 Å².